The second-order valence-corrected chi connectivity index (χ2v) is 11.2. The second kappa shape index (κ2) is 15.9. The SMILES string of the molecule is O=C(NC[C@@H](O)C(=O)O)c1ccc(CN(C(=NCC(F)(F)F)Nc2ccc(OC(F)(F)F)cc2)c2ccc(C3CCCCC3)cc2)cc1. The number of carboxylic acids is 1. The minimum atomic E-state index is -4.93. The molecule has 0 aromatic heterocycles. The maximum Gasteiger partial charge on any atom is 0.573 e. The van der Waals surface area contributed by atoms with E-state index in [0.717, 1.165) is 43.4 Å². The molecule has 1 aliphatic carbocycles. The molecular weight excluding hydrogens is 646 g/mol. The average Bonchev–Trinajstić information content (AvgIpc) is 3.05. The summed E-state index contributed by atoms with van der Waals surface area (Å²) in [5.74, 6) is -2.54. The van der Waals surface area contributed by atoms with Crippen molar-refractivity contribution >= 4 is 29.2 Å². The Kier molecular flexibility index (Phi) is 11.9. The Hall–Kier alpha value is -4.79. The first-order chi connectivity index (χ1) is 22.7. The first-order valence-corrected chi connectivity index (χ1v) is 15.1. The number of benzene rings is 3. The number of alkyl halides is 6. The lowest BCUT2D eigenvalue weighted by atomic mass is 9.84. The molecule has 0 saturated heterocycles. The van der Waals surface area contributed by atoms with E-state index in [1.54, 1.807) is 24.3 Å². The van der Waals surface area contributed by atoms with Gasteiger partial charge in [0.15, 0.2) is 6.10 Å². The number of hydrogen-bond acceptors (Lipinski definition) is 5. The predicted octanol–water partition coefficient (Wildman–Crippen LogP) is 6.85. The first kappa shape index (κ1) is 36.1. The van der Waals surface area contributed by atoms with Crippen molar-refractivity contribution in [3.8, 4) is 5.75 Å². The number of carbonyl (C=O) groups is 2. The molecule has 1 saturated carbocycles. The number of aliphatic hydroxyl groups excluding tert-OH is 1. The van der Waals surface area contributed by atoms with E-state index in [4.69, 9.17) is 5.11 Å². The normalized spacial score (nSPS) is 15.0. The maximum absolute atomic E-state index is 13.4. The lowest BCUT2D eigenvalue weighted by molar-refractivity contribution is -0.274. The Morgan fingerprint density at radius 1 is 0.896 bits per heavy atom. The minimum Gasteiger partial charge on any atom is -0.479 e. The first-order valence-electron chi connectivity index (χ1n) is 15.1. The van der Waals surface area contributed by atoms with Gasteiger partial charge >= 0.3 is 18.5 Å². The van der Waals surface area contributed by atoms with E-state index in [9.17, 15) is 41.0 Å². The molecule has 0 radical (unpaired) electrons. The summed E-state index contributed by atoms with van der Waals surface area (Å²) in [6.07, 6.45) is -5.93. The highest BCUT2D eigenvalue weighted by molar-refractivity contribution is 6.05. The standard InChI is InChI=1S/C33H34F6N4O5/c34-32(35,36)20-41-31(42-25-12-16-27(17-13-25)48-33(37,38)39)43(26-14-10-23(11-15-26)22-4-2-1-3-5-22)19-21-6-8-24(9-7-21)29(45)40-18-28(44)30(46)47/h6-17,22,28,44H,1-5,18-20H2,(H,40,45)(H,41,42)(H,46,47)/t28-/m1/s1. The van der Waals surface area contributed by atoms with Gasteiger partial charge in [-0.1, -0.05) is 43.5 Å². The summed E-state index contributed by atoms with van der Waals surface area (Å²) in [7, 11) is 0. The molecule has 4 N–H and O–H groups in total. The van der Waals surface area contributed by atoms with E-state index in [-0.39, 0.29) is 23.8 Å². The number of aliphatic imine (C=N–C) groups is 1. The third kappa shape index (κ3) is 11.2. The number of nitrogens with zero attached hydrogens (tertiary/aromatic N) is 2. The molecule has 0 bridgehead atoms. The van der Waals surface area contributed by atoms with Crippen LogP contribution in [0.15, 0.2) is 77.8 Å². The molecule has 4 rings (SSSR count). The van der Waals surface area contributed by atoms with E-state index in [1.165, 1.54) is 35.6 Å². The number of anilines is 2. The van der Waals surface area contributed by atoms with E-state index in [1.807, 2.05) is 12.1 Å². The van der Waals surface area contributed by atoms with Gasteiger partial charge in [0.1, 0.15) is 12.3 Å². The van der Waals surface area contributed by atoms with Crippen molar-refractivity contribution in [3.05, 3.63) is 89.5 Å². The lowest BCUT2D eigenvalue weighted by Crippen LogP contribution is -2.37. The van der Waals surface area contributed by atoms with Crippen LogP contribution in [0, 0.1) is 0 Å². The van der Waals surface area contributed by atoms with Crippen molar-refractivity contribution in [1.82, 2.24) is 5.32 Å². The summed E-state index contributed by atoms with van der Waals surface area (Å²) < 4.78 is 82.2. The Morgan fingerprint density at radius 2 is 1.52 bits per heavy atom. The molecule has 3 aromatic rings. The van der Waals surface area contributed by atoms with Crippen LogP contribution >= 0.6 is 0 Å². The quantitative estimate of drug-likeness (QED) is 0.0993. The van der Waals surface area contributed by atoms with Crippen molar-refractivity contribution in [2.24, 2.45) is 4.99 Å². The van der Waals surface area contributed by atoms with Gasteiger partial charge in [0.25, 0.3) is 5.91 Å². The third-order valence-electron chi connectivity index (χ3n) is 7.59. The number of hydrogen-bond donors (Lipinski definition) is 4. The number of carbonyl (C=O) groups excluding carboxylic acids is 1. The molecule has 48 heavy (non-hydrogen) atoms. The van der Waals surface area contributed by atoms with Crippen LogP contribution in [0.4, 0.5) is 37.7 Å². The Labute approximate surface area is 272 Å². The fourth-order valence-electron chi connectivity index (χ4n) is 5.20. The Morgan fingerprint density at radius 3 is 2.08 bits per heavy atom. The molecule has 0 unspecified atom stereocenters. The van der Waals surface area contributed by atoms with Crippen LogP contribution in [0.25, 0.3) is 0 Å². The Bertz CT molecular complexity index is 1540. The van der Waals surface area contributed by atoms with E-state index in [0.29, 0.717) is 17.2 Å². The molecule has 258 valence electrons. The molecule has 1 fully saturated rings. The van der Waals surface area contributed by atoms with Crippen molar-refractivity contribution in [2.75, 3.05) is 23.3 Å². The van der Waals surface area contributed by atoms with Crippen molar-refractivity contribution in [1.29, 1.82) is 0 Å². The van der Waals surface area contributed by atoms with Crippen LogP contribution in [0.2, 0.25) is 0 Å². The predicted molar refractivity (Wildman–Crippen MR) is 166 cm³/mol. The molecule has 1 atom stereocenters. The third-order valence-corrected chi connectivity index (χ3v) is 7.59. The number of ether oxygens (including phenoxy) is 1. The number of carboxylic acid groups (broad SMARTS) is 1. The molecule has 0 aliphatic heterocycles. The van der Waals surface area contributed by atoms with Crippen LogP contribution in [-0.2, 0) is 11.3 Å². The number of nitrogens with one attached hydrogen (secondary N) is 2. The van der Waals surface area contributed by atoms with Gasteiger partial charge in [-0.25, -0.2) is 9.79 Å². The van der Waals surface area contributed by atoms with Gasteiger partial charge in [-0.3, -0.25) is 4.79 Å². The molecule has 3 aromatic carbocycles. The van der Waals surface area contributed by atoms with Crippen LogP contribution < -0.4 is 20.3 Å². The van der Waals surface area contributed by atoms with Gasteiger partial charge in [-0.2, -0.15) is 13.2 Å². The summed E-state index contributed by atoms with van der Waals surface area (Å²) in [6.45, 7) is -2.11. The van der Waals surface area contributed by atoms with E-state index < -0.39 is 49.4 Å². The molecular formula is C33H34F6N4O5. The zero-order valence-electron chi connectivity index (χ0n) is 25.5. The largest absolute Gasteiger partial charge is 0.573 e. The van der Waals surface area contributed by atoms with Crippen LogP contribution in [-0.4, -0.2) is 59.8 Å². The number of rotatable bonds is 11. The number of amides is 1. The molecule has 9 nitrogen and oxygen atoms in total. The van der Waals surface area contributed by atoms with Gasteiger partial charge < -0.3 is 30.5 Å². The smallest absolute Gasteiger partial charge is 0.479 e. The highest BCUT2D eigenvalue weighted by Crippen LogP contribution is 2.34. The van der Waals surface area contributed by atoms with Crippen LogP contribution in [0.5, 0.6) is 5.75 Å². The summed E-state index contributed by atoms with van der Waals surface area (Å²) in [5.41, 5.74) is 2.41. The molecule has 1 aliphatic rings. The maximum atomic E-state index is 13.4. The summed E-state index contributed by atoms with van der Waals surface area (Å²) >= 11 is 0. The zero-order valence-corrected chi connectivity index (χ0v) is 25.5. The van der Waals surface area contributed by atoms with Gasteiger partial charge in [-0.05, 0) is 78.4 Å². The fraction of sp³-hybridized carbons (Fsp3) is 0.364. The molecule has 0 spiro atoms. The molecule has 1 amide bonds. The highest BCUT2D eigenvalue weighted by Gasteiger charge is 2.31. The summed E-state index contributed by atoms with van der Waals surface area (Å²) in [5, 5.41) is 23.3. The molecule has 0 heterocycles. The van der Waals surface area contributed by atoms with Gasteiger partial charge in [0.05, 0.1) is 13.1 Å². The Balaban J connectivity index is 1.65. The van der Waals surface area contributed by atoms with Gasteiger partial charge in [-0.15, -0.1) is 13.2 Å². The fourth-order valence-corrected chi connectivity index (χ4v) is 5.20. The topological polar surface area (TPSA) is 123 Å². The number of halogens is 6. The second-order valence-electron chi connectivity index (χ2n) is 11.2. The van der Waals surface area contributed by atoms with Crippen molar-refractivity contribution in [3.63, 3.8) is 0 Å². The monoisotopic (exact) mass is 680 g/mol. The zero-order chi connectivity index (χ0) is 34.9. The molecule has 15 heteroatoms. The lowest BCUT2D eigenvalue weighted by Gasteiger charge is -2.29. The number of guanidine groups is 1. The van der Waals surface area contributed by atoms with Gasteiger partial charge in [0, 0.05) is 16.9 Å². The summed E-state index contributed by atoms with van der Waals surface area (Å²) in [6, 6.07) is 17.8. The van der Waals surface area contributed by atoms with Crippen LogP contribution in [0.3, 0.4) is 0 Å². The average molecular weight is 681 g/mol. The number of aliphatic carboxylic acids is 1. The van der Waals surface area contributed by atoms with E-state index in [2.05, 4.69) is 20.4 Å². The minimum absolute atomic E-state index is 0.0403. The summed E-state index contributed by atoms with van der Waals surface area (Å²) in [4.78, 5) is 28.6. The van der Waals surface area contributed by atoms with Crippen molar-refractivity contribution < 1.29 is 50.9 Å². The van der Waals surface area contributed by atoms with Crippen LogP contribution in [0.1, 0.15) is 59.5 Å². The highest BCUT2D eigenvalue weighted by atomic mass is 19.4. The van der Waals surface area contributed by atoms with Crippen molar-refractivity contribution in [2.45, 2.75) is 63.2 Å². The van der Waals surface area contributed by atoms with E-state index >= 15 is 0 Å². The number of aliphatic hydroxyl groups is 1. The van der Waals surface area contributed by atoms with Gasteiger partial charge in [0.2, 0.25) is 5.96 Å².